The Morgan fingerprint density at radius 1 is 0.330 bits per heavy atom. The first-order chi connectivity index (χ1) is 41.2. The zero-order valence-corrected chi connectivity index (χ0v) is 46.0. The van der Waals surface area contributed by atoms with Gasteiger partial charge in [0.25, 0.3) is 0 Å². The molecule has 0 bridgehead atoms. The van der Waals surface area contributed by atoms with Crippen LogP contribution in [0.2, 0.25) is 0 Å². The molecule has 38 heteroatoms. The van der Waals surface area contributed by atoms with Crippen molar-refractivity contribution in [3.8, 4) is 23.0 Å². The molecule has 0 unspecified atom stereocenters. The summed E-state index contributed by atoms with van der Waals surface area (Å²) in [5.74, 6) is -96.1. The van der Waals surface area contributed by atoms with E-state index in [4.69, 9.17) is 23.7 Å². The minimum atomic E-state index is -8.35. The van der Waals surface area contributed by atoms with E-state index >= 15 is 0 Å². The number of carbonyl (C=O) groups is 3. The number of hydrogen-bond donors (Lipinski definition) is 0. The van der Waals surface area contributed by atoms with Crippen molar-refractivity contribution in [1.29, 1.82) is 0 Å². The van der Waals surface area contributed by atoms with Crippen LogP contribution in [0, 0.1) is 0 Å². The van der Waals surface area contributed by atoms with E-state index in [1.807, 2.05) is 0 Å². The summed E-state index contributed by atoms with van der Waals surface area (Å²) >= 11 is 0. The van der Waals surface area contributed by atoms with Gasteiger partial charge in [-0.2, -0.15) is 132 Å². The number of hydrogen-bond acceptors (Lipinski definition) is 8. The fourth-order valence-corrected chi connectivity index (χ4v) is 7.72. The third-order valence-corrected chi connectivity index (χ3v) is 13.1. The van der Waals surface area contributed by atoms with Gasteiger partial charge in [-0.3, -0.25) is 4.79 Å². The molecular formula is C53H48F30O8. The van der Waals surface area contributed by atoms with Gasteiger partial charge in [-0.05, 0) is 92.4 Å². The molecule has 0 aliphatic rings. The monoisotopic (exact) mass is 1380 g/mol. The second kappa shape index (κ2) is 28.8. The van der Waals surface area contributed by atoms with E-state index in [9.17, 15) is 146 Å². The van der Waals surface area contributed by atoms with Gasteiger partial charge in [-0.25, -0.2) is 9.59 Å². The molecule has 0 fully saturated rings. The summed E-state index contributed by atoms with van der Waals surface area (Å²) < 4.78 is 429. The lowest BCUT2D eigenvalue weighted by atomic mass is 9.89. The minimum absolute atomic E-state index is 0.00886. The van der Waals surface area contributed by atoms with Gasteiger partial charge in [-0.1, -0.05) is 51.4 Å². The first kappa shape index (κ1) is 78.8. The maximum atomic E-state index is 14.1. The molecule has 3 aromatic rings. The number of carbonyl (C=O) groups excluding carboxylic acids is 3. The number of alkyl halides is 30. The molecule has 3 rings (SSSR count). The summed E-state index contributed by atoms with van der Waals surface area (Å²) in [4.78, 5) is 37.7. The Hall–Kier alpha value is -6.43. The van der Waals surface area contributed by atoms with Gasteiger partial charge >= 0.3 is 101 Å². The van der Waals surface area contributed by atoms with Crippen LogP contribution in [0.5, 0.6) is 23.0 Å². The highest BCUT2D eigenvalue weighted by molar-refractivity contribution is 5.92. The first-order valence-corrected chi connectivity index (χ1v) is 26.0. The number of benzene rings is 3. The number of unbranched alkanes of at least 4 members (excludes halogenated alkanes) is 10. The molecule has 0 aliphatic heterocycles. The average molecular weight is 1380 g/mol. The van der Waals surface area contributed by atoms with E-state index in [2.05, 4.69) is 0 Å². The normalized spacial score (nSPS) is 14.1. The largest absolute Gasteiger partial charge is 0.494 e. The van der Waals surface area contributed by atoms with E-state index in [1.54, 1.807) is 0 Å². The molecular weight excluding hydrogens is 1330 g/mol. The molecule has 91 heavy (non-hydrogen) atoms. The molecule has 8 nitrogen and oxygen atoms in total. The molecule has 0 N–H and O–H groups in total. The van der Waals surface area contributed by atoms with Gasteiger partial charge in [0.2, 0.25) is 0 Å². The van der Waals surface area contributed by atoms with E-state index in [0.717, 1.165) is 6.92 Å². The van der Waals surface area contributed by atoms with Crippen LogP contribution < -0.4 is 18.9 Å². The second-order valence-corrected chi connectivity index (χ2v) is 20.0. The third kappa shape index (κ3) is 16.9. The van der Waals surface area contributed by atoms with Crippen molar-refractivity contribution >= 4 is 17.9 Å². The van der Waals surface area contributed by atoms with Gasteiger partial charge in [-0.15, -0.1) is 0 Å². The van der Waals surface area contributed by atoms with Gasteiger partial charge in [0.05, 0.1) is 24.3 Å². The van der Waals surface area contributed by atoms with Crippen molar-refractivity contribution in [3.05, 3.63) is 83.4 Å². The first-order valence-electron chi connectivity index (χ1n) is 26.0. The van der Waals surface area contributed by atoms with Crippen LogP contribution in [0.1, 0.15) is 123 Å². The molecule has 518 valence electrons. The summed E-state index contributed by atoms with van der Waals surface area (Å²) in [6.45, 7) is 0.445. The van der Waals surface area contributed by atoms with E-state index in [1.165, 1.54) is 66.7 Å². The molecule has 0 heterocycles. The number of rotatable bonds is 36. The topological polar surface area (TPSA) is 97.4 Å². The molecule has 0 spiro atoms. The average Bonchev–Trinajstić information content (AvgIpc) is 0.712. The van der Waals surface area contributed by atoms with Crippen LogP contribution >= 0.6 is 0 Å². The Morgan fingerprint density at radius 2 is 0.615 bits per heavy atom. The molecule has 0 saturated heterocycles. The lowest BCUT2D eigenvalue weighted by Crippen LogP contribution is -2.72. The Kier molecular flexibility index (Phi) is 25.0. The van der Waals surface area contributed by atoms with Crippen molar-refractivity contribution in [1.82, 2.24) is 0 Å². The highest BCUT2D eigenvalue weighted by atomic mass is 19.4. The van der Waals surface area contributed by atoms with Crippen molar-refractivity contribution in [2.45, 2.75) is 187 Å². The smallest absolute Gasteiger partial charge is 0.460 e. The van der Waals surface area contributed by atoms with Crippen molar-refractivity contribution in [2.75, 3.05) is 13.2 Å². The molecule has 3 aromatic carbocycles. The standard InChI is InChI=1S/C53H48F30O8/c1-30(84)89-29-33-28-36(90-38(85)31-14-18-34(19-15-31)87-26-12-8-4-2-6-10-24-40(54,55)42(58,59)44(62,63)46(66,67)48(70,71)50(74,75)52(78,79)80)22-23-37(33)91-39(86)32-16-20-35(21-17-32)88-27-13-9-5-3-7-11-25-41(56,57)43(60,61)45(64,65)47(68,69)49(72,73)51(76,77)53(81,82)83/h14-23,28H,2-13,24-27,29H2,1H3. The Bertz CT molecular complexity index is 2870. The molecule has 0 aromatic heterocycles. The van der Waals surface area contributed by atoms with Gasteiger partial charge in [0.15, 0.2) is 0 Å². The number of esters is 3. The lowest BCUT2D eigenvalue weighted by Gasteiger charge is -2.41. The fraction of sp³-hybridized carbons (Fsp3) is 0.604. The predicted octanol–water partition coefficient (Wildman–Crippen LogP) is 19.2. The molecule has 0 saturated carbocycles. The molecule has 0 radical (unpaired) electrons. The van der Waals surface area contributed by atoms with Crippen LogP contribution in [0.4, 0.5) is 132 Å². The zero-order valence-electron chi connectivity index (χ0n) is 46.0. The number of ether oxygens (including phenoxy) is 5. The van der Waals surface area contributed by atoms with Gasteiger partial charge < -0.3 is 23.7 Å². The SMILES string of the molecule is CC(=O)OCc1cc(OC(=O)c2ccc(OCCCCCCCCC(F)(F)C(F)(F)C(F)(F)C(F)(F)C(F)(F)C(F)(F)C(F)(F)F)cc2)ccc1OC(=O)c1ccc(OCCCCCCCCC(F)(F)C(F)(F)C(F)(F)C(F)(F)C(F)(F)C(F)(F)C(F)(F)F)cc1. The molecule has 0 aliphatic carbocycles. The van der Waals surface area contributed by atoms with Crippen LogP contribution in [0.25, 0.3) is 0 Å². The second-order valence-electron chi connectivity index (χ2n) is 20.0. The quantitative estimate of drug-likeness (QED) is 0.0246. The summed E-state index contributed by atoms with van der Waals surface area (Å²) in [6.07, 6.45) is -22.6. The van der Waals surface area contributed by atoms with Crippen LogP contribution in [0.3, 0.4) is 0 Å². The third-order valence-electron chi connectivity index (χ3n) is 13.1. The summed E-state index contributed by atoms with van der Waals surface area (Å²) in [5, 5.41) is 0. The fourth-order valence-electron chi connectivity index (χ4n) is 7.72. The highest BCUT2D eigenvalue weighted by Crippen LogP contribution is 2.65. The molecule has 0 atom stereocenters. The van der Waals surface area contributed by atoms with Gasteiger partial charge in [0.1, 0.15) is 29.6 Å². The van der Waals surface area contributed by atoms with Crippen molar-refractivity contribution < 1.29 is 170 Å². The molecule has 0 amide bonds. The van der Waals surface area contributed by atoms with Crippen LogP contribution in [-0.4, -0.2) is 115 Å². The van der Waals surface area contributed by atoms with E-state index in [0.29, 0.717) is 0 Å². The lowest BCUT2D eigenvalue weighted by molar-refractivity contribution is -0.452. The van der Waals surface area contributed by atoms with E-state index in [-0.39, 0.29) is 104 Å². The summed E-state index contributed by atoms with van der Waals surface area (Å²) in [5.41, 5.74) is -0.119. The van der Waals surface area contributed by atoms with E-state index < -0.39 is 146 Å². The Morgan fingerprint density at radius 3 is 0.945 bits per heavy atom. The maximum Gasteiger partial charge on any atom is 0.460 e. The highest BCUT2D eigenvalue weighted by Gasteiger charge is 2.94. The Balaban J connectivity index is 1.44. The predicted molar refractivity (Wildman–Crippen MR) is 252 cm³/mol. The number of halogens is 30. The Labute approximate surface area is 493 Å². The van der Waals surface area contributed by atoms with Crippen molar-refractivity contribution in [2.24, 2.45) is 0 Å². The van der Waals surface area contributed by atoms with Gasteiger partial charge in [0, 0.05) is 25.3 Å². The van der Waals surface area contributed by atoms with Crippen molar-refractivity contribution in [3.63, 3.8) is 0 Å². The summed E-state index contributed by atoms with van der Waals surface area (Å²) in [6, 6.07) is 13.8. The summed E-state index contributed by atoms with van der Waals surface area (Å²) in [7, 11) is 0. The maximum absolute atomic E-state index is 14.1. The zero-order chi connectivity index (χ0) is 70.1. The minimum Gasteiger partial charge on any atom is -0.494 e. The van der Waals surface area contributed by atoms with Crippen LogP contribution in [-0.2, 0) is 16.1 Å². The van der Waals surface area contributed by atoms with Crippen LogP contribution in [0.15, 0.2) is 66.7 Å².